The second kappa shape index (κ2) is 11.2. The van der Waals surface area contributed by atoms with Gasteiger partial charge in [0.05, 0.1) is 17.7 Å². The number of rotatable bonds is 8. The van der Waals surface area contributed by atoms with E-state index in [-0.39, 0.29) is 22.8 Å². The first-order valence-corrected chi connectivity index (χ1v) is 10.6. The van der Waals surface area contributed by atoms with E-state index in [4.69, 9.17) is 37.8 Å². The molecule has 1 amide bonds. The first-order valence-electron chi connectivity index (χ1n) is 9.82. The molecule has 0 aromatic heterocycles. The average Bonchev–Trinajstić information content (AvgIpc) is 2.82. The van der Waals surface area contributed by atoms with Gasteiger partial charge in [-0.25, -0.2) is 4.79 Å². The number of carbonyl (C=O) groups is 2. The second-order valence-electron chi connectivity index (χ2n) is 6.96. The molecule has 0 aliphatic heterocycles. The summed E-state index contributed by atoms with van der Waals surface area (Å²) in [6.07, 6.45) is 1.36. The van der Waals surface area contributed by atoms with Crippen molar-refractivity contribution in [3.63, 3.8) is 0 Å². The molecule has 0 aliphatic carbocycles. The van der Waals surface area contributed by atoms with Gasteiger partial charge < -0.3 is 19.9 Å². The molecule has 0 atom stereocenters. The Morgan fingerprint density at radius 1 is 1.09 bits per heavy atom. The Labute approximate surface area is 205 Å². The number of hydrogen-bond donors (Lipinski definition) is 2. The number of carbonyl (C=O) groups excluding carboxylic acids is 1. The second-order valence-corrected chi connectivity index (χ2v) is 7.80. The summed E-state index contributed by atoms with van der Waals surface area (Å²) >= 11 is 12.3. The number of benzene rings is 3. The van der Waals surface area contributed by atoms with Crippen LogP contribution in [0.15, 0.2) is 66.2 Å². The van der Waals surface area contributed by atoms with Crippen LogP contribution in [0.1, 0.15) is 21.5 Å². The molecule has 0 fully saturated rings. The van der Waals surface area contributed by atoms with Crippen LogP contribution in [0.2, 0.25) is 10.0 Å². The van der Waals surface area contributed by atoms with Crippen LogP contribution in [0.5, 0.6) is 11.5 Å². The van der Waals surface area contributed by atoms with Crippen LogP contribution >= 0.6 is 23.2 Å². The minimum absolute atomic E-state index is 0.0779. The van der Waals surface area contributed by atoms with Crippen LogP contribution in [0.25, 0.3) is 6.08 Å². The molecule has 172 valence electrons. The largest absolute Gasteiger partial charge is 0.493 e. The van der Waals surface area contributed by atoms with E-state index in [1.54, 1.807) is 24.3 Å². The molecule has 3 rings (SSSR count). The van der Waals surface area contributed by atoms with Crippen molar-refractivity contribution in [1.29, 1.82) is 5.26 Å². The maximum atomic E-state index is 12.5. The lowest BCUT2D eigenvalue weighted by Gasteiger charge is -2.14. The third-order valence-corrected chi connectivity index (χ3v) is 5.15. The zero-order chi connectivity index (χ0) is 24.7. The Morgan fingerprint density at radius 2 is 1.76 bits per heavy atom. The Hall–Kier alpha value is -3.99. The van der Waals surface area contributed by atoms with Crippen molar-refractivity contribution >= 4 is 46.8 Å². The zero-order valence-corrected chi connectivity index (χ0v) is 19.4. The van der Waals surface area contributed by atoms with Gasteiger partial charge in [-0.15, -0.1) is 0 Å². The summed E-state index contributed by atoms with van der Waals surface area (Å²) in [6.45, 7) is 0.231. The van der Waals surface area contributed by atoms with Gasteiger partial charge in [-0.3, -0.25) is 4.79 Å². The van der Waals surface area contributed by atoms with Crippen molar-refractivity contribution in [2.24, 2.45) is 0 Å². The number of halogens is 2. The summed E-state index contributed by atoms with van der Waals surface area (Å²) in [5, 5.41) is 21.8. The molecule has 0 aliphatic rings. The van der Waals surface area contributed by atoms with E-state index in [0.29, 0.717) is 27.8 Å². The van der Waals surface area contributed by atoms with E-state index in [1.165, 1.54) is 37.5 Å². The summed E-state index contributed by atoms with van der Waals surface area (Å²) in [4.78, 5) is 23.5. The molecule has 0 bridgehead atoms. The van der Waals surface area contributed by atoms with Gasteiger partial charge in [-0.2, -0.15) is 5.26 Å². The molecule has 7 nitrogen and oxygen atoms in total. The fraction of sp³-hybridized carbons (Fsp3) is 0.0800. The monoisotopic (exact) mass is 496 g/mol. The third-order valence-electron chi connectivity index (χ3n) is 4.61. The molecule has 3 aromatic carbocycles. The highest BCUT2D eigenvalue weighted by Crippen LogP contribution is 2.37. The first-order chi connectivity index (χ1) is 16.3. The summed E-state index contributed by atoms with van der Waals surface area (Å²) in [5.74, 6) is -1.10. The highest BCUT2D eigenvalue weighted by atomic mass is 35.5. The number of aromatic carboxylic acids is 1. The number of anilines is 1. The maximum absolute atomic E-state index is 12.5. The highest BCUT2D eigenvalue weighted by Gasteiger charge is 2.15. The summed E-state index contributed by atoms with van der Waals surface area (Å²) in [6, 6.07) is 17.7. The molecule has 34 heavy (non-hydrogen) atoms. The minimum atomic E-state index is -1.08. The molecular weight excluding hydrogens is 479 g/mol. The number of nitrogens with one attached hydrogen (secondary N) is 1. The molecule has 0 saturated heterocycles. The van der Waals surface area contributed by atoms with Crippen LogP contribution in [-0.2, 0) is 11.4 Å². The number of nitriles is 1. The molecule has 0 spiro atoms. The molecule has 0 saturated carbocycles. The Kier molecular flexibility index (Phi) is 8.14. The van der Waals surface area contributed by atoms with Crippen molar-refractivity contribution in [2.75, 3.05) is 12.4 Å². The summed E-state index contributed by atoms with van der Waals surface area (Å²) in [5.41, 5.74) is 1.57. The van der Waals surface area contributed by atoms with Gasteiger partial charge in [0, 0.05) is 10.7 Å². The van der Waals surface area contributed by atoms with Crippen molar-refractivity contribution in [1.82, 2.24) is 0 Å². The van der Waals surface area contributed by atoms with Crippen LogP contribution < -0.4 is 14.8 Å². The quantitative estimate of drug-likeness (QED) is 0.300. The number of hydrogen-bond acceptors (Lipinski definition) is 5. The van der Waals surface area contributed by atoms with E-state index in [1.807, 2.05) is 18.2 Å². The van der Waals surface area contributed by atoms with Gasteiger partial charge in [0.2, 0.25) is 0 Å². The number of methoxy groups -OCH3 is 1. The standard InChI is InChI=1S/C25H18Cl2N2O5/c1-33-22-12-16(11-21(27)23(22)34-14-15-2-6-19(26)7-3-15)10-18(13-28)24(30)29-20-8-4-17(5-9-20)25(31)32/h2-12H,14H2,1H3,(H,29,30)(H,31,32)/b18-10+. The topological polar surface area (TPSA) is 109 Å². The minimum Gasteiger partial charge on any atom is -0.493 e. The summed E-state index contributed by atoms with van der Waals surface area (Å²) in [7, 11) is 1.45. The van der Waals surface area contributed by atoms with Crippen molar-refractivity contribution in [3.05, 3.63) is 93.0 Å². The van der Waals surface area contributed by atoms with Gasteiger partial charge in [0.25, 0.3) is 5.91 Å². The van der Waals surface area contributed by atoms with Crippen molar-refractivity contribution < 1.29 is 24.2 Å². The Morgan fingerprint density at radius 3 is 2.35 bits per heavy atom. The first kappa shape index (κ1) is 24.6. The van der Waals surface area contributed by atoms with Gasteiger partial charge in [-0.05, 0) is 65.7 Å². The number of nitrogens with zero attached hydrogens (tertiary/aromatic N) is 1. The van der Waals surface area contributed by atoms with E-state index in [9.17, 15) is 14.9 Å². The van der Waals surface area contributed by atoms with Crippen LogP contribution in [0.4, 0.5) is 5.69 Å². The zero-order valence-electron chi connectivity index (χ0n) is 17.8. The maximum Gasteiger partial charge on any atom is 0.335 e. The SMILES string of the molecule is COc1cc(/C=C(\C#N)C(=O)Nc2ccc(C(=O)O)cc2)cc(Cl)c1OCc1ccc(Cl)cc1. The van der Waals surface area contributed by atoms with Gasteiger partial charge in [-0.1, -0.05) is 35.3 Å². The average molecular weight is 497 g/mol. The van der Waals surface area contributed by atoms with Gasteiger partial charge in [0.15, 0.2) is 11.5 Å². The number of carboxylic acid groups (broad SMARTS) is 1. The molecule has 2 N–H and O–H groups in total. The lowest BCUT2D eigenvalue weighted by atomic mass is 10.1. The summed E-state index contributed by atoms with van der Waals surface area (Å²) < 4.78 is 11.2. The Bertz CT molecular complexity index is 1280. The van der Waals surface area contributed by atoms with E-state index >= 15 is 0 Å². The van der Waals surface area contributed by atoms with Crippen LogP contribution in [-0.4, -0.2) is 24.1 Å². The smallest absolute Gasteiger partial charge is 0.335 e. The number of carboxylic acids is 1. The van der Waals surface area contributed by atoms with Crippen molar-refractivity contribution in [2.45, 2.75) is 6.61 Å². The number of ether oxygens (including phenoxy) is 2. The molecule has 3 aromatic rings. The fourth-order valence-corrected chi connectivity index (χ4v) is 3.31. The normalized spacial score (nSPS) is 10.8. The molecule has 0 unspecified atom stereocenters. The molecule has 0 heterocycles. The third kappa shape index (κ3) is 6.29. The van der Waals surface area contributed by atoms with Crippen LogP contribution in [0.3, 0.4) is 0 Å². The molecular formula is C25H18Cl2N2O5. The van der Waals surface area contributed by atoms with Crippen LogP contribution in [0, 0.1) is 11.3 Å². The van der Waals surface area contributed by atoms with E-state index in [2.05, 4.69) is 5.32 Å². The predicted molar refractivity (Wildman–Crippen MR) is 129 cm³/mol. The van der Waals surface area contributed by atoms with E-state index < -0.39 is 11.9 Å². The molecule has 0 radical (unpaired) electrons. The Balaban J connectivity index is 1.78. The lowest BCUT2D eigenvalue weighted by Crippen LogP contribution is -2.13. The fourth-order valence-electron chi connectivity index (χ4n) is 2.91. The van der Waals surface area contributed by atoms with Crippen molar-refractivity contribution in [3.8, 4) is 17.6 Å². The highest BCUT2D eigenvalue weighted by molar-refractivity contribution is 6.32. The number of amides is 1. The van der Waals surface area contributed by atoms with Gasteiger partial charge in [0.1, 0.15) is 18.2 Å². The predicted octanol–water partition coefficient (Wildman–Crippen LogP) is 5.82. The molecule has 9 heteroatoms. The lowest BCUT2D eigenvalue weighted by molar-refractivity contribution is -0.112. The van der Waals surface area contributed by atoms with E-state index in [0.717, 1.165) is 5.56 Å². The van der Waals surface area contributed by atoms with Gasteiger partial charge >= 0.3 is 5.97 Å².